The largest absolute Gasteiger partial charge is 0.493 e. The molecule has 2 aromatic heterocycles. The zero-order chi connectivity index (χ0) is 14.8. The quantitative estimate of drug-likeness (QED) is 0.606. The van der Waals surface area contributed by atoms with E-state index in [0.29, 0.717) is 6.61 Å². The molecule has 0 spiro atoms. The molecule has 4 aromatic rings. The van der Waals surface area contributed by atoms with Crippen LogP contribution in [0.4, 0.5) is 0 Å². The minimum Gasteiger partial charge on any atom is -0.493 e. The van der Waals surface area contributed by atoms with Crippen LogP contribution < -0.4 is 4.74 Å². The lowest BCUT2D eigenvalue weighted by molar-refractivity contribution is 0.322. The Morgan fingerprint density at radius 1 is 0.909 bits per heavy atom. The molecule has 3 heteroatoms. The van der Waals surface area contributed by atoms with Crippen molar-refractivity contribution >= 4 is 21.7 Å². The summed E-state index contributed by atoms with van der Waals surface area (Å²) in [7, 11) is 0. The van der Waals surface area contributed by atoms with Crippen molar-refractivity contribution in [2.75, 3.05) is 6.61 Å². The molecule has 0 aliphatic rings. The third-order valence-electron chi connectivity index (χ3n) is 3.89. The molecule has 0 saturated heterocycles. The predicted molar refractivity (Wildman–Crippen MR) is 89.2 cm³/mol. The second kappa shape index (κ2) is 5.53. The molecule has 3 nitrogen and oxygen atoms in total. The van der Waals surface area contributed by atoms with E-state index in [0.717, 1.165) is 17.6 Å². The summed E-state index contributed by atoms with van der Waals surface area (Å²) in [6, 6.07) is 16.7. The van der Waals surface area contributed by atoms with Crippen LogP contribution in [0.3, 0.4) is 0 Å². The molecule has 1 N–H and O–H groups in total. The van der Waals surface area contributed by atoms with Crippen LogP contribution in [0.5, 0.6) is 5.75 Å². The van der Waals surface area contributed by atoms with Gasteiger partial charge in [0, 0.05) is 35.9 Å². The van der Waals surface area contributed by atoms with Crippen LogP contribution in [0, 0.1) is 0 Å². The summed E-state index contributed by atoms with van der Waals surface area (Å²) in [6.07, 6.45) is 6.53. The summed E-state index contributed by atoms with van der Waals surface area (Å²) in [5.41, 5.74) is 2.46. The zero-order valence-corrected chi connectivity index (χ0v) is 12.1. The Morgan fingerprint density at radius 3 is 2.91 bits per heavy atom. The van der Waals surface area contributed by atoms with E-state index in [1.807, 2.05) is 30.6 Å². The third-order valence-corrected chi connectivity index (χ3v) is 3.89. The fourth-order valence-corrected chi connectivity index (χ4v) is 2.70. The zero-order valence-electron chi connectivity index (χ0n) is 12.1. The van der Waals surface area contributed by atoms with Crippen molar-refractivity contribution in [3.05, 3.63) is 72.7 Å². The smallest absolute Gasteiger partial charge is 0.120 e. The molecule has 0 bridgehead atoms. The summed E-state index contributed by atoms with van der Waals surface area (Å²) in [6.45, 7) is 0.668. The molecule has 2 heterocycles. The van der Waals surface area contributed by atoms with Gasteiger partial charge in [0.25, 0.3) is 0 Å². The maximum Gasteiger partial charge on any atom is 0.120 e. The average molecular weight is 288 g/mol. The summed E-state index contributed by atoms with van der Waals surface area (Å²) < 4.78 is 5.88. The van der Waals surface area contributed by atoms with Gasteiger partial charge in [-0.05, 0) is 52.7 Å². The SMILES string of the molecule is c1cc2ccc(OCCc3ccc4[nH]ccc4c3)cc2cn1. The normalized spacial score (nSPS) is 11.1. The van der Waals surface area contributed by atoms with Gasteiger partial charge in [-0.1, -0.05) is 12.1 Å². The van der Waals surface area contributed by atoms with Crippen molar-refractivity contribution < 1.29 is 4.74 Å². The molecular weight excluding hydrogens is 272 g/mol. The Bertz CT molecular complexity index is 927. The number of rotatable bonds is 4. The number of nitrogens with one attached hydrogen (secondary N) is 1. The van der Waals surface area contributed by atoms with Crippen molar-refractivity contribution in [3.8, 4) is 5.75 Å². The molecule has 0 unspecified atom stereocenters. The van der Waals surface area contributed by atoms with E-state index in [1.54, 1.807) is 6.20 Å². The van der Waals surface area contributed by atoms with E-state index < -0.39 is 0 Å². The van der Waals surface area contributed by atoms with Gasteiger partial charge in [-0.2, -0.15) is 0 Å². The first-order valence-corrected chi connectivity index (χ1v) is 7.41. The minimum absolute atomic E-state index is 0.668. The number of hydrogen-bond donors (Lipinski definition) is 1. The molecule has 0 atom stereocenters. The van der Waals surface area contributed by atoms with Crippen LogP contribution in [0.1, 0.15) is 5.56 Å². The number of fused-ring (bicyclic) bond motifs is 2. The van der Waals surface area contributed by atoms with Crippen LogP contribution in [0.25, 0.3) is 21.7 Å². The predicted octanol–water partition coefficient (Wildman–Crippen LogP) is 4.34. The monoisotopic (exact) mass is 288 g/mol. The van der Waals surface area contributed by atoms with Crippen LogP contribution in [-0.2, 0) is 6.42 Å². The highest BCUT2D eigenvalue weighted by Crippen LogP contribution is 2.20. The maximum atomic E-state index is 5.88. The molecule has 2 aromatic carbocycles. The van der Waals surface area contributed by atoms with E-state index in [2.05, 4.69) is 40.3 Å². The number of hydrogen-bond acceptors (Lipinski definition) is 2. The summed E-state index contributed by atoms with van der Waals surface area (Å²) >= 11 is 0. The Morgan fingerprint density at radius 2 is 1.91 bits per heavy atom. The van der Waals surface area contributed by atoms with Crippen molar-refractivity contribution in [2.45, 2.75) is 6.42 Å². The molecule has 22 heavy (non-hydrogen) atoms. The molecule has 0 radical (unpaired) electrons. The summed E-state index contributed by atoms with van der Waals surface area (Å²) in [5, 5.41) is 3.53. The molecule has 0 amide bonds. The summed E-state index contributed by atoms with van der Waals surface area (Å²) in [5.74, 6) is 0.892. The van der Waals surface area contributed by atoms with Gasteiger partial charge in [0.2, 0.25) is 0 Å². The fourth-order valence-electron chi connectivity index (χ4n) is 2.70. The second-order valence-electron chi connectivity index (χ2n) is 5.38. The van der Waals surface area contributed by atoms with Crippen LogP contribution in [0.2, 0.25) is 0 Å². The lowest BCUT2D eigenvalue weighted by Crippen LogP contribution is -2.01. The van der Waals surface area contributed by atoms with Crippen LogP contribution in [0.15, 0.2) is 67.1 Å². The van der Waals surface area contributed by atoms with Gasteiger partial charge in [-0.15, -0.1) is 0 Å². The first-order valence-electron chi connectivity index (χ1n) is 7.41. The molecule has 0 aliphatic carbocycles. The molecular formula is C19H16N2O. The topological polar surface area (TPSA) is 37.9 Å². The maximum absolute atomic E-state index is 5.88. The molecule has 4 rings (SSSR count). The Hall–Kier alpha value is -2.81. The second-order valence-corrected chi connectivity index (χ2v) is 5.38. The average Bonchev–Trinajstić information content (AvgIpc) is 3.02. The first-order chi connectivity index (χ1) is 10.9. The lowest BCUT2D eigenvalue weighted by Gasteiger charge is -2.07. The Kier molecular flexibility index (Phi) is 3.24. The molecule has 0 aliphatic heterocycles. The van der Waals surface area contributed by atoms with Crippen molar-refractivity contribution in [3.63, 3.8) is 0 Å². The lowest BCUT2D eigenvalue weighted by atomic mass is 10.1. The van der Waals surface area contributed by atoms with Gasteiger partial charge >= 0.3 is 0 Å². The van der Waals surface area contributed by atoms with E-state index >= 15 is 0 Å². The van der Waals surface area contributed by atoms with Crippen LogP contribution >= 0.6 is 0 Å². The number of H-pyrrole nitrogens is 1. The number of ether oxygens (including phenoxy) is 1. The van der Waals surface area contributed by atoms with E-state index in [9.17, 15) is 0 Å². The van der Waals surface area contributed by atoms with E-state index in [1.165, 1.54) is 21.9 Å². The number of aromatic nitrogens is 2. The van der Waals surface area contributed by atoms with Crippen molar-refractivity contribution in [1.29, 1.82) is 0 Å². The van der Waals surface area contributed by atoms with E-state index in [4.69, 9.17) is 4.74 Å². The Labute approximate surface area is 128 Å². The van der Waals surface area contributed by atoms with Gasteiger partial charge in [0.1, 0.15) is 5.75 Å². The number of aromatic amines is 1. The highest BCUT2D eigenvalue weighted by molar-refractivity contribution is 5.82. The van der Waals surface area contributed by atoms with Gasteiger partial charge < -0.3 is 9.72 Å². The standard InChI is InChI=1S/C19H16N2O/c1-4-19-16(6-9-21-19)11-14(1)7-10-22-18-3-2-15-5-8-20-13-17(15)12-18/h1-6,8-9,11-13,21H,7,10H2. The van der Waals surface area contributed by atoms with Gasteiger partial charge in [0.05, 0.1) is 6.61 Å². The third kappa shape index (κ3) is 2.53. The highest BCUT2D eigenvalue weighted by atomic mass is 16.5. The van der Waals surface area contributed by atoms with Gasteiger partial charge in [-0.25, -0.2) is 0 Å². The van der Waals surface area contributed by atoms with Gasteiger partial charge in [-0.3, -0.25) is 4.98 Å². The number of nitrogens with zero attached hydrogens (tertiary/aromatic N) is 1. The van der Waals surface area contributed by atoms with Gasteiger partial charge in [0.15, 0.2) is 0 Å². The highest BCUT2D eigenvalue weighted by Gasteiger charge is 2.00. The minimum atomic E-state index is 0.668. The van der Waals surface area contributed by atoms with Crippen molar-refractivity contribution in [2.24, 2.45) is 0 Å². The fraction of sp³-hybridized carbons (Fsp3) is 0.105. The van der Waals surface area contributed by atoms with E-state index in [-0.39, 0.29) is 0 Å². The summed E-state index contributed by atoms with van der Waals surface area (Å²) in [4.78, 5) is 7.36. The van der Waals surface area contributed by atoms with Crippen LogP contribution in [-0.4, -0.2) is 16.6 Å². The first kappa shape index (κ1) is 12.9. The Balaban J connectivity index is 1.44. The van der Waals surface area contributed by atoms with Crippen molar-refractivity contribution in [1.82, 2.24) is 9.97 Å². The molecule has 0 fully saturated rings. The molecule has 108 valence electrons. The molecule has 0 saturated carbocycles. The number of pyridine rings is 1. The number of benzene rings is 2.